The van der Waals surface area contributed by atoms with Crippen molar-refractivity contribution in [3.8, 4) is 0 Å². The number of amides is 1. The van der Waals surface area contributed by atoms with Crippen LogP contribution in [0.2, 0.25) is 0 Å². The molecule has 1 amide bonds. The normalized spacial score (nSPS) is 11.8. The number of carbonyl (C=O) groups excluding carboxylic acids is 1. The van der Waals surface area contributed by atoms with Gasteiger partial charge < -0.3 is 0 Å². The average molecular weight is 523 g/mol. The fraction of sp³-hybridized carbons (Fsp3) is 0.296. The zero-order chi connectivity index (χ0) is 25.7. The number of aryl methyl sites for hydroxylation is 1. The molecule has 188 valence electrons. The van der Waals surface area contributed by atoms with Crippen molar-refractivity contribution in [2.75, 3.05) is 18.0 Å². The molecule has 4 rings (SSSR count). The summed E-state index contributed by atoms with van der Waals surface area (Å²) in [5.74, 6) is -0.252. The second kappa shape index (κ2) is 11.3. The number of aromatic nitrogens is 2. The molecule has 0 saturated heterocycles. The van der Waals surface area contributed by atoms with Crippen molar-refractivity contribution in [1.82, 2.24) is 14.3 Å². The van der Waals surface area contributed by atoms with E-state index in [-0.39, 0.29) is 10.8 Å². The molecule has 4 aromatic rings. The van der Waals surface area contributed by atoms with Crippen LogP contribution in [-0.4, -0.2) is 41.7 Å². The first kappa shape index (κ1) is 25.9. The smallest absolute Gasteiger partial charge is 0.260 e. The summed E-state index contributed by atoms with van der Waals surface area (Å²) >= 11 is 1.45. The Hall–Kier alpha value is -3.14. The minimum Gasteiger partial charge on any atom is -0.279 e. The van der Waals surface area contributed by atoms with Crippen molar-refractivity contribution in [1.29, 1.82) is 0 Å². The minimum atomic E-state index is -3.62. The number of carbonyl (C=O) groups is 1. The molecule has 0 bridgehead atoms. The zero-order valence-corrected chi connectivity index (χ0v) is 22.3. The molecule has 0 aliphatic heterocycles. The molecule has 2 aromatic heterocycles. The summed E-state index contributed by atoms with van der Waals surface area (Å²) in [6.07, 6.45) is 5.13. The third-order valence-corrected chi connectivity index (χ3v) is 9.03. The second-order valence-electron chi connectivity index (χ2n) is 8.55. The van der Waals surface area contributed by atoms with E-state index in [2.05, 4.69) is 4.98 Å². The van der Waals surface area contributed by atoms with Crippen LogP contribution in [0.3, 0.4) is 0 Å². The van der Waals surface area contributed by atoms with Crippen LogP contribution in [0.5, 0.6) is 0 Å². The van der Waals surface area contributed by atoms with Crippen molar-refractivity contribution < 1.29 is 13.2 Å². The molecular formula is C27H30N4O3S2. The van der Waals surface area contributed by atoms with Gasteiger partial charge in [0.1, 0.15) is 0 Å². The number of sulfonamides is 1. The molecule has 9 heteroatoms. The summed E-state index contributed by atoms with van der Waals surface area (Å²) in [6, 6.07) is 15.9. The molecule has 7 nitrogen and oxygen atoms in total. The van der Waals surface area contributed by atoms with Gasteiger partial charge in [-0.1, -0.05) is 49.8 Å². The number of para-hydroxylation sites is 1. The SMILES string of the molecule is CCCCN(CC)S(=O)(=O)c1ccc(C(=O)N(Cc2cccnc2)c2nc3c(C)cccc3s2)cc1. The van der Waals surface area contributed by atoms with Crippen molar-refractivity contribution in [2.45, 2.75) is 45.1 Å². The first-order valence-electron chi connectivity index (χ1n) is 12.0. The van der Waals surface area contributed by atoms with E-state index >= 15 is 0 Å². The van der Waals surface area contributed by atoms with Crippen molar-refractivity contribution in [3.63, 3.8) is 0 Å². The lowest BCUT2D eigenvalue weighted by Crippen LogP contribution is -2.32. The van der Waals surface area contributed by atoms with Crippen molar-refractivity contribution in [2.24, 2.45) is 0 Å². The van der Waals surface area contributed by atoms with Crippen molar-refractivity contribution in [3.05, 3.63) is 83.7 Å². The molecule has 0 radical (unpaired) electrons. The third kappa shape index (κ3) is 5.48. The minimum absolute atomic E-state index is 0.187. The van der Waals surface area contributed by atoms with Gasteiger partial charge in [0.25, 0.3) is 5.91 Å². The third-order valence-electron chi connectivity index (χ3n) is 6.00. The van der Waals surface area contributed by atoms with Gasteiger partial charge in [0.2, 0.25) is 10.0 Å². The van der Waals surface area contributed by atoms with Gasteiger partial charge in [-0.25, -0.2) is 13.4 Å². The van der Waals surface area contributed by atoms with Crippen LogP contribution < -0.4 is 4.90 Å². The van der Waals surface area contributed by atoms with Gasteiger partial charge >= 0.3 is 0 Å². The molecule has 0 fully saturated rings. The van der Waals surface area contributed by atoms with Gasteiger partial charge in [-0.2, -0.15) is 4.31 Å². The molecule has 0 atom stereocenters. The summed E-state index contributed by atoms with van der Waals surface area (Å²) in [6.45, 7) is 7.04. The maximum Gasteiger partial charge on any atom is 0.260 e. The van der Waals surface area contributed by atoms with Gasteiger partial charge in [0.15, 0.2) is 5.13 Å². The molecule has 0 N–H and O–H groups in total. The van der Waals surface area contributed by atoms with E-state index < -0.39 is 10.0 Å². The quantitative estimate of drug-likeness (QED) is 0.268. The molecule has 2 aromatic carbocycles. The molecule has 0 spiro atoms. The molecule has 2 heterocycles. The largest absolute Gasteiger partial charge is 0.279 e. The number of anilines is 1. The molecule has 0 saturated carbocycles. The first-order valence-corrected chi connectivity index (χ1v) is 14.3. The lowest BCUT2D eigenvalue weighted by atomic mass is 10.2. The lowest BCUT2D eigenvalue weighted by molar-refractivity contribution is 0.0985. The van der Waals surface area contributed by atoms with E-state index in [0.717, 1.165) is 34.2 Å². The van der Waals surface area contributed by atoms with Crippen LogP contribution >= 0.6 is 11.3 Å². The van der Waals surface area contributed by atoms with Gasteiger partial charge in [-0.3, -0.25) is 14.7 Å². The molecular weight excluding hydrogens is 492 g/mol. The van der Waals surface area contributed by atoms with E-state index in [1.807, 2.05) is 51.1 Å². The Morgan fingerprint density at radius 3 is 2.44 bits per heavy atom. The summed E-state index contributed by atoms with van der Waals surface area (Å²) in [5, 5.41) is 0.585. The van der Waals surface area contributed by atoms with Crippen LogP contribution in [0.15, 0.2) is 71.9 Å². The number of nitrogens with zero attached hydrogens (tertiary/aromatic N) is 4. The number of hydrogen-bond donors (Lipinski definition) is 0. The van der Waals surface area contributed by atoms with Crippen molar-refractivity contribution >= 4 is 42.6 Å². The standard InChI is InChI=1S/C27H30N4O3S2/c1-4-6-17-30(5-2)36(33,34)23-14-12-22(13-15-23)26(32)31(19-21-10-8-16-28-18-21)27-29-25-20(3)9-7-11-24(25)35-27/h7-16,18H,4-6,17,19H2,1-3H3. The number of rotatable bonds is 10. The summed E-state index contributed by atoms with van der Waals surface area (Å²) in [7, 11) is -3.62. The van der Waals surface area contributed by atoms with Gasteiger partial charge in [-0.15, -0.1) is 0 Å². The van der Waals surface area contributed by atoms with Crippen LogP contribution in [0, 0.1) is 6.92 Å². The van der Waals surface area contributed by atoms with Crippen LogP contribution in [0.25, 0.3) is 10.2 Å². The monoisotopic (exact) mass is 522 g/mol. The number of unbranched alkanes of at least 4 members (excludes halogenated alkanes) is 1. The topological polar surface area (TPSA) is 83.5 Å². The summed E-state index contributed by atoms with van der Waals surface area (Å²) in [5.41, 5.74) is 3.18. The Kier molecular flexibility index (Phi) is 8.13. The highest BCUT2D eigenvalue weighted by Crippen LogP contribution is 2.32. The zero-order valence-electron chi connectivity index (χ0n) is 20.7. The van der Waals surface area contributed by atoms with Crippen LogP contribution in [0.4, 0.5) is 5.13 Å². The predicted molar refractivity (Wildman–Crippen MR) is 145 cm³/mol. The fourth-order valence-electron chi connectivity index (χ4n) is 3.95. The average Bonchev–Trinajstić information content (AvgIpc) is 3.33. The summed E-state index contributed by atoms with van der Waals surface area (Å²) < 4.78 is 28.7. The van der Waals surface area contributed by atoms with Crippen LogP contribution in [0.1, 0.15) is 48.2 Å². The Morgan fingerprint density at radius 2 is 1.81 bits per heavy atom. The maximum atomic E-state index is 13.7. The van der Waals surface area contributed by atoms with E-state index in [1.54, 1.807) is 29.4 Å². The van der Waals surface area contributed by atoms with Gasteiger partial charge in [-0.05, 0) is 60.9 Å². The molecule has 0 aliphatic rings. The second-order valence-corrected chi connectivity index (χ2v) is 11.5. The Morgan fingerprint density at radius 1 is 1.03 bits per heavy atom. The Bertz CT molecular complexity index is 1440. The lowest BCUT2D eigenvalue weighted by Gasteiger charge is -2.21. The highest BCUT2D eigenvalue weighted by Gasteiger charge is 2.25. The first-order chi connectivity index (χ1) is 17.3. The van der Waals surface area contributed by atoms with E-state index in [9.17, 15) is 13.2 Å². The number of thiazole rings is 1. The van der Waals surface area contributed by atoms with E-state index in [0.29, 0.717) is 30.3 Å². The van der Waals surface area contributed by atoms with Crippen LogP contribution in [-0.2, 0) is 16.6 Å². The van der Waals surface area contributed by atoms with Gasteiger partial charge in [0, 0.05) is 31.0 Å². The molecule has 36 heavy (non-hydrogen) atoms. The number of hydrogen-bond acceptors (Lipinski definition) is 6. The molecule has 0 unspecified atom stereocenters. The fourth-order valence-corrected chi connectivity index (χ4v) is 6.48. The number of benzene rings is 2. The summed E-state index contributed by atoms with van der Waals surface area (Å²) in [4.78, 5) is 24.5. The number of pyridine rings is 1. The predicted octanol–water partition coefficient (Wildman–Crippen LogP) is 5.66. The van der Waals surface area contributed by atoms with Gasteiger partial charge in [0.05, 0.1) is 21.7 Å². The highest BCUT2D eigenvalue weighted by atomic mass is 32.2. The maximum absolute atomic E-state index is 13.7. The molecule has 0 aliphatic carbocycles. The Balaban J connectivity index is 1.67. The number of fused-ring (bicyclic) bond motifs is 1. The van der Waals surface area contributed by atoms with E-state index in [1.165, 1.54) is 27.8 Å². The Labute approximate surface area is 216 Å². The highest BCUT2D eigenvalue weighted by molar-refractivity contribution is 7.89. The van der Waals surface area contributed by atoms with E-state index in [4.69, 9.17) is 4.98 Å².